The maximum Gasteiger partial charge on any atom is 0.317 e. The Morgan fingerprint density at radius 3 is 2.89 bits per heavy atom. The minimum Gasteiger partial charge on any atom is -0.480 e. The highest BCUT2D eigenvalue weighted by atomic mass is 32.1. The first-order chi connectivity index (χ1) is 9.06. The number of carboxylic acids is 1. The molecular formula is C13H21N3O2S. The van der Waals surface area contributed by atoms with E-state index in [1.54, 1.807) is 11.3 Å². The van der Waals surface area contributed by atoms with Crippen LogP contribution in [0.25, 0.3) is 0 Å². The number of hydrogen-bond donors (Lipinski definition) is 1. The summed E-state index contributed by atoms with van der Waals surface area (Å²) in [4.78, 5) is 19.7. The van der Waals surface area contributed by atoms with Gasteiger partial charge in [-0.3, -0.25) is 14.6 Å². The number of aromatic nitrogens is 1. The quantitative estimate of drug-likeness (QED) is 0.909. The van der Waals surface area contributed by atoms with Crippen LogP contribution in [0, 0.1) is 6.92 Å². The van der Waals surface area contributed by atoms with Crippen LogP contribution in [0.3, 0.4) is 0 Å². The number of nitrogens with zero attached hydrogens (tertiary/aromatic N) is 3. The largest absolute Gasteiger partial charge is 0.480 e. The summed E-state index contributed by atoms with van der Waals surface area (Å²) in [6.07, 6.45) is 1.01. The number of carbonyl (C=O) groups is 1. The molecular weight excluding hydrogens is 262 g/mol. The number of aliphatic carboxylic acids is 1. The van der Waals surface area contributed by atoms with Gasteiger partial charge in [0.15, 0.2) is 0 Å². The summed E-state index contributed by atoms with van der Waals surface area (Å²) in [7, 11) is 0. The Hall–Kier alpha value is -0.980. The average molecular weight is 283 g/mol. The zero-order valence-electron chi connectivity index (χ0n) is 11.5. The third-order valence-corrected chi connectivity index (χ3v) is 4.39. The molecule has 0 saturated carbocycles. The Bertz CT molecular complexity index is 435. The first kappa shape index (κ1) is 14.4. The third kappa shape index (κ3) is 3.99. The van der Waals surface area contributed by atoms with Gasteiger partial charge in [-0.2, -0.15) is 0 Å². The molecule has 106 valence electrons. The molecule has 0 aromatic carbocycles. The first-order valence-electron chi connectivity index (χ1n) is 6.66. The lowest BCUT2D eigenvalue weighted by atomic mass is 10.2. The van der Waals surface area contributed by atoms with Crippen LogP contribution in [-0.2, 0) is 4.79 Å². The summed E-state index contributed by atoms with van der Waals surface area (Å²) < 4.78 is 0. The molecule has 1 atom stereocenters. The molecule has 1 fully saturated rings. The molecule has 1 aliphatic heterocycles. The normalized spacial score (nSPS) is 20.1. The molecule has 0 bridgehead atoms. The van der Waals surface area contributed by atoms with Crippen molar-refractivity contribution in [1.82, 2.24) is 14.8 Å². The van der Waals surface area contributed by atoms with E-state index < -0.39 is 5.97 Å². The van der Waals surface area contributed by atoms with Gasteiger partial charge < -0.3 is 5.11 Å². The lowest BCUT2D eigenvalue weighted by molar-refractivity contribution is -0.138. The summed E-state index contributed by atoms with van der Waals surface area (Å²) in [6, 6.07) is 0.315. The summed E-state index contributed by atoms with van der Waals surface area (Å²) in [5.74, 6) is -0.739. The first-order valence-corrected chi connectivity index (χ1v) is 7.54. The van der Waals surface area contributed by atoms with E-state index in [4.69, 9.17) is 5.11 Å². The smallest absolute Gasteiger partial charge is 0.317 e. The highest BCUT2D eigenvalue weighted by molar-refractivity contribution is 7.09. The third-order valence-electron chi connectivity index (χ3n) is 3.59. The lowest BCUT2D eigenvalue weighted by Gasteiger charge is -2.26. The lowest BCUT2D eigenvalue weighted by Crippen LogP contribution is -2.35. The fourth-order valence-corrected chi connectivity index (χ4v) is 3.19. The predicted molar refractivity (Wildman–Crippen MR) is 75.5 cm³/mol. The van der Waals surface area contributed by atoms with Crippen molar-refractivity contribution in [3.8, 4) is 0 Å². The van der Waals surface area contributed by atoms with E-state index >= 15 is 0 Å². The highest BCUT2D eigenvalue weighted by Crippen LogP contribution is 2.23. The Morgan fingerprint density at radius 2 is 2.26 bits per heavy atom. The molecule has 5 nitrogen and oxygen atoms in total. The maximum atomic E-state index is 10.8. The van der Waals surface area contributed by atoms with Crippen LogP contribution in [0.5, 0.6) is 0 Å². The van der Waals surface area contributed by atoms with Crippen LogP contribution < -0.4 is 0 Å². The van der Waals surface area contributed by atoms with Gasteiger partial charge in [-0.25, -0.2) is 4.98 Å². The SMILES string of the molecule is Cc1nc(C(C)N2CCCN(CC(=O)O)CC2)cs1. The molecule has 0 aliphatic carbocycles. The Morgan fingerprint density at radius 1 is 1.47 bits per heavy atom. The molecule has 1 aliphatic rings. The fraction of sp³-hybridized carbons (Fsp3) is 0.692. The monoisotopic (exact) mass is 283 g/mol. The fourth-order valence-electron chi connectivity index (χ4n) is 2.49. The summed E-state index contributed by atoms with van der Waals surface area (Å²) >= 11 is 1.68. The summed E-state index contributed by atoms with van der Waals surface area (Å²) in [5.41, 5.74) is 1.13. The average Bonchev–Trinajstić information content (AvgIpc) is 2.65. The van der Waals surface area contributed by atoms with E-state index in [0.29, 0.717) is 6.04 Å². The second kappa shape index (κ2) is 6.45. The molecule has 2 rings (SSSR count). The van der Waals surface area contributed by atoms with Crippen molar-refractivity contribution in [1.29, 1.82) is 0 Å². The van der Waals surface area contributed by atoms with Gasteiger partial charge in [0, 0.05) is 31.6 Å². The number of carboxylic acid groups (broad SMARTS) is 1. The minimum absolute atomic E-state index is 0.151. The van der Waals surface area contributed by atoms with E-state index in [1.165, 1.54) is 0 Å². The highest BCUT2D eigenvalue weighted by Gasteiger charge is 2.22. The number of hydrogen-bond acceptors (Lipinski definition) is 5. The van der Waals surface area contributed by atoms with Crippen molar-refractivity contribution < 1.29 is 9.90 Å². The van der Waals surface area contributed by atoms with Crippen molar-refractivity contribution in [3.05, 3.63) is 16.1 Å². The molecule has 0 amide bonds. The summed E-state index contributed by atoms with van der Waals surface area (Å²) in [6.45, 7) is 7.96. The number of rotatable bonds is 4. The molecule has 19 heavy (non-hydrogen) atoms. The van der Waals surface area contributed by atoms with Crippen molar-refractivity contribution in [2.24, 2.45) is 0 Å². The van der Waals surface area contributed by atoms with Gasteiger partial charge in [0.05, 0.1) is 23.3 Å². The van der Waals surface area contributed by atoms with Gasteiger partial charge >= 0.3 is 5.97 Å². The van der Waals surface area contributed by atoms with Crippen LogP contribution in [0.15, 0.2) is 5.38 Å². The minimum atomic E-state index is -0.739. The van der Waals surface area contributed by atoms with Crippen LogP contribution in [0.1, 0.15) is 30.1 Å². The summed E-state index contributed by atoms with van der Waals surface area (Å²) in [5, 5.41) is 12.1. The molecule has 0 spiro atoms. The van der Waals surface area contributed by atoms with Crippen LogP contribution in [0.2, 0.25) is 0 Å². The van der Waals surface area contributed by atoms with Crippen molar-refractivity contribution >= 4 is 17.3 Å². The second-order valence-corrected chi connectivity index (χ2v) is 6.09. The zero-order valence-corrected chi connectivity index (χ0v) is 12.3. The molecule has 1 aromatic rings. The van der Waals surface area contributed by atoms with Crippen LogP contribution >= 0.6 is 11.3 Å². The van der Waals surface area contributed by atoms with Crippen LogP contribution in [0.4, 0.5) is 0 Å². The zero-order chi connectivity index (χ0) is 13.8. The molecule has 0 radical (unpaired) electrons. The Labute approximate surface area is 117 Å². The van der Waals surface area contributed by atoms with E-state index in [2.05, 4.69) is 22.2 Å². The molecule has 1 saturated heterocycles. The molecule has 6 heteroatoms. The molecule has 1 unspecified atom stereocenters. The molecule has 1 aromatic heterocycles. The Balaban J connectivity index is 1.93. The van der Waals surface area contributed by atoms with Crippen molar-refractivity contribution in [3.63, 3.8) is 0 Å². The topological polar surface area (TPSA) is 56.7 Å². The van der Waals surface area contributed by atoms with E-state index in [0.717, 1.165) is 43.3 Å². The van der Waals surface area contributed by atoms with E-state index in [-0.39, 0.29) is 6.54 Å². The van der Waals surface area contributed by atoms with Crippen molar-refractivity contribution in [2.45, 2.75) is 26.3 Å². The van der Waals surface area contributed by atoms with Crippen LogP contribution in [-0.4, -0.2) is 58.6 Å². The van der Waals surface area contributed by atoms with Gasteiger partial charge in [0.2, 0.25) is 0 Å². The van der Waals surface area contributed by atoms with E-state index in [9.17, 15) is 4.79 Å². The standard InChI is InChI=1S/C13H21N3O2S/c1-10(12-9-19-11(2)14-12)16-5-3-4-15(6-7-16)8-13(17)18/h9-10H,3-8H2,1-2H3,(H,17,18). The van der Waals surface area contributed by atoms with Gasteiger partial charge in [0.1, 0.15) is 0 Å². The number of aryl methyl sites for hydroxylation is 1. The Kier molecular flexibility index (Phi) is 4.90. The van der Waals surface area contributed by atoms with E-state index in [1.807, 2.05) is 11.8 Å². The molecule has 2 heterocycles. The predicted octanol–water partition coefficient (Wildman–Crippen LogP) is 1.60. The second-order valence-electron chi connectivity index (χ2n) is 5.03. The number of thiazole rings is 1. The maximum absolute atomic E-state index is 10.8. The van der Waals surface area contributed by atoms with Gasteiger partial charge in [-0.05, 0) is 20.3 Å². The van der Waals surface area contributed by atoms with Gasteiger partial charge in [-0.1, -0.05) is 0 Å². The van der Waals surface area contributed by atoms with Crippen molar-refractivity contribution in [2.75, 3.05) is 32.7 Å². The van der Waals surface area contributed by atoms with Gasteiger partial charge in [0.25, 0.3) is 0 Å². The van der Waals surface area contributed by atoms with Gasteiger partial charge in [-0.15, -0.1) is 11.3 Å². The molecule has 1 N–H and O–H groups in total.